The molecule has 0 atom stereocenters. The summed E-state index contributed by atoms with van der Waals surface area (Å²) in [4.78, 5) is 107. The molecule has 0 aliphatic carbocycles. The van der Waals surface area contributed by atoms with Crippen LogP contribution in [0.4, 0.5) is 9.59 Å². The summed E-state index contributed by atoms with van der Waals surface area (Å²) in [5.74, 6) is -5.06. The molecule has 0 heterocycles. The van der Waals surface area contributed by atoms with E-state index in [9.17, 15) is 38.4 Å². The van der Waals surface area contributed by atoms with Gasteiger partial charge >= 0.3 is 47.9 Å². The molecule has 0 aliphatic rings. The number of hydrogen-bond donors (Lipinski definition) is 2. The molecule has 0 bridgehead atoms. The Morgan fingerprint density at radius 2 is 0.750 bits per heavy atom. The average molecular weight is 683 g/mol. The minimum atomic E-state index is -1.09. The van der Waals surface area contributed by atoms with Crippen LogP contribution in [0.1, 0.15) is 40.5 Å². The van der Waals surface area contributed by atoms with Crippen molar-refractivity contribution < 1.29 is 67.0 Å². The van der Waals surface area contributed by atoms with Crippen molar-refractivity contribution in [3.63, 3.8) is 0 Å². The van der Waals surface area contributed by atoms with Gasteiger partial charge in [-0.3, -0.25) is 0 Å². The topological polar surface area (TPSA) is 222 Å². The molecule has 0 saturated heterocycles. The first kappa shape index (κ1) is 42.3. The normalized spacial score (nSPS) is 9.83. The van der Waals surface area contributed by atoms with Crippen molar-refractivity contribution in [1.29, 1.82) is 0 Å². The third-order valence-corrected chi connectivity index (χ3v) is 5.08. The van der Waals surface area contributed by atoms with Crippen LogP contribution >= 0.6 is 0 Å². The first-order valence-electron chi connectivity index (χ1n) is 14.3. The van der Waals surface area contributed by atoms with Gasteiger partial charge < -0.3 is 39.3 Å². The van der Waals surface area contributed by atoms with Crippen molar-refractivity contribution in [3.05, 3.63) is 48.6 Å². The Kier molecular flexibility index (Phi) is 20.1. The van der Waals surface area contributed by atoms with E-state index in [4.69, 9.17) is 28.6 Å². The minimum Gasteiger partial charge on any atom is -0.460 e. The molecular formula is C30H42N4O14. The van der Waals surface area contributed by atoms with Gasteiger partial charge in [0.1, 0.15) is 26.4 Å². The van der Waals surface area contributed by atoms with Crippen molar-refractivity contribution in [2.45, 2.75) is 40.5 Å². The number of nitrogens with zero attached hydrogens (tertiary/aromatic N) is 2. The fraction of sp³-hybridized carbons (Fsp3) is 0.467. The lowest BCUT2D eigenvalue weighted by atomic mass is 10.3. The van der Waals surface area contributed by atoms with Crippen LogP contribution in [0, 0.1) is 0 Å². The van der Waals surface area contributed by atoms with Crippen molar-refractivity contribution in [2.75, 3.05) is 52.6 Å². The maximum atomic E-state index is 12.6. The van der Waals surface area contributed by atoms with Gasteiger partial charge in [0.15, 0.2) is 0 Å². The summed E-state index contributed by atoms with van der Waals surface area (Å²) in [5.41, 5.74) is 0.463. The average Bonchev–Trinajstić information content (AvgIpc) is 3.02. The van der Waals surface area contributed by atoms with E-state index < -0.39 is 87.0 Å². The predicted molar refractivity (Wildman–Crippen MR) is 165 cm³/mol. The molecule has 18 heteroatoms. The second-order valence-electron chi connectivity index (χ2n) is 9.76. The van der Waals surface area contributed by atoms with Gasteiger partial charge in [-0.2, -0.15) is 10.1 Å². The Labute approximate surface area is 277 Å². The number of hydroxylamine groups is 4. The smallest absolute Gasteiger partial charge is 0.350 e. The molecule has 0 rings (SSSR count). The summed E-state index contributed by atoms with van der Waals surface area (Å²) >= 11 is 0. The van der Waals surface area contributed by atoms with Gasteiger partial charge in [0.05, 0.1) is 39.0 Å². The van der Waals surface area contributed by atoms with E-state index in [1.54, 1.807) is 0 Å². The summed E-state index contributed by atoms with van der Waals surface area (Å²) in [7, 11) is 0. The zero-order valence-electron chi connectivity index (χ0n) is 27.5. The van der Waals surface area contributed by atoms with Crippen LogP contribution in [-0.4, -0.2) is 111 Å². The van der Waals surface area contributed by atoms with Gasteiger partial charge in [-0.1, -0.05) is 26.3 Å². The number of urea groups is 2. The molecular weight excluding hydrogens is 640 g/mol. The Bertz CT molecular complexity index is 1180. The molecule has 4 amide bonds. The molecule has 0 fully saturated rings. The van der Waals surface area contributed by atoms with Gasteiger partial charge in [-0.05, 0) is 27.7 Å². The number of esters is 4. The number of nitrogens with one attached hydrogen (secondary N) is 2. The molecule has 48 heavy (non-hydrogen) atoms. The first-order chi connectivity index (χ1) is 22.5. The molecule has 0 aliphatic heterocycles. The van der Waals surface area contributed by atoms with Crippen LogP contribution in [-0.2, 0) is 57.4 Å². The summed E-state index contributed by atoms with van der Waals surface area (Å²) in [6.45, 7) is 16.9. The van der Waals surface area contributed by atoms with Crippen molar-refractivity contribution >= 4 is 47.9 Å². The lowest BCUT2D eigenvalue weighted by molar-refractivity contribution is -0.186. The number of carbonyl (C=O) groups excluding carboxylic acids is 8. The van der Waals surface area contributed by atoms with Gasteiger partial charge in [0.25, 0.3) is 0 Å². The van der Waals surface area contributed by atoms with Crippen LogP contribution < -0.4 is 10.6 Å². The highest BCUT2D eigenvalue weighted by Gasteiger charge is 2.23. The number of carbonyl (C=O) groups is 8. The fourth-order valence-electron chi connectivity index (χ4n) is 2.63. The third-order valence-electron chi connectivity index (χ3n) is 5.08. The lowest BCUT2D eigenvalue weighted by Gasteiger charge is -2.22. The van der Waals surface area contributed by atoms with Crippen LogP contribution in [0.25, 0.3) is 0 Å². The molecule has 2 N–H and O–H groups in total. The van der Waals surface area contributed by atoms with Crippen LogP contribution in [0.15, 0.2) is 48.6 Å². The Hall–Kier alpha value is -5.68. The second-order valence-corrected chi connectivity index (χ2v) is 9.76. The van der Waals surface area contributed by atoms with Gasteiger partial charge in [-0.15, -0.1) is 0 Å². The van der Waals surface area contributed by atoms with E-state index >= 15 is 0 Å². The zero-order chi connectivity index (χ0) is 36.8. The lowest BCUT2D eigenvalue weighted by Crippen LogP contribution is -2.45. The molecule has 0 spiro atoms. The zero-order valence-corrected chi connectivity index (χ0v) is 27.5. The first-order valence-corrected chi connectivity index (χ1v) is 14.3. The van der Waals surface area contributed by atoms with Crippen LogP contribution in [0.5, 0.6) is 0 Å². The Balaban J connectivity index is 5.25. The monoisotopic (exact) mass is 682 g/mol. The van der Waals surface area contributed by atoms with E-state index in [1.807, 2.05) is 0 Å². The third kappa shape index (κ3) is 19.0. The minimum absolute atomic E-state index is 0.0868. The molecule has 0 unspecified atom stereocenters. The second kappa shape index (κ2) is 22.8. The number of hydrogen-bond acceptors (Lipinski definition) is 14. The quantitative estimate of drug-likeness (QED) is 0.0642. The summed E-state index contributed by atoms with van der Waals surface area (Å²) in [5, 5.41) is 5.73. The SMILES string of the molecule is C=C(C)C(=O)OCCNC(=O)N(CCOC(=O)C(=C)C)OC(=O)CCC(=O)ON(CCOC(=O)C(=C)C)C(=O)NCCOC(=O)C(=C)C. The molecule has 0 saturated carbocycles. The van der Waals surface area contributed by atoms with Crippen LogP contribution in [0.2, 0.25) is 0 Å². The summed E-state index contributed by atoms with van der Waals surface area (Å²) in [6, 6.07) is -1.94. The maximum absolute atomic E-state index is 12.6. The molecule has 266 valence electrons. The highest BCUT2D eigenvalue weighted by atomic mass is 16.7. The highest BCUT2D eigenvalue weighted by Crippen LogP contribution is 2.04. The van der Waals surface area contributed by atoms with Crippen molar-refractivity contribution in [1.82, 2.24) is 20.8 Å². The number of ether oxygens (including phenoxy) is 4. The van der Waals surface area contributed by atoms with Gasteiger partial charge in [0.2, 0.25) is 0 Å². The van der Waals surface area contributed by atoms with E-state index in [2.05, 4.69) is 36.9 Å². The van der Waals surface area contributed by atoms with Crippen molar-refractivity contribution in [3.8, 4) is 0 Å². The molecule has 18 nitrogen and oxygen atoms in total. The van der Waals surface area contributed by atoms with Gasteiger partial charge in [-0.25, -0.2) is 38.4 Å². The highest BCUT2D eigenvalue weighted by molar-refractivity contribution is 5.88. The van der Waals surface area contributed by atoms with E-state index in [-0.39, 0.29) is 48.6 Å². The fourth-order valence-corrected chi connectivity index (χ4v) is 2.63. The largest absolute Gasteiger partial charge is 0.460 e. The van der Waals surface area contributed by atoms with Crippen LogP contribution in [0.3, 0.4) is 0 Å². The van der Waals surface area contributed by atoms with Gasteiger partial charge in [0, 0.05) is 22.3 Å². The Morgan fingerprint density at radius 3 is 1.02 bits per heavy atom. The number of rotatable bonds is 19. The van der Waals surface area contributed by atoms with E-state index in [0.29, 0.717) is 10.1 Å². The summed E-state index contributed by atoms with van der Waals surface area (Å²) < 4.78 is 19.6. The molecule has 0 radical (unpaired) electrons. The maximum Gasteiger partial charge on any atom is 0.350 e. The van der Waals surface area contributed by atoms with Crippen molar-refractivity contribution in [2.24, 2.45) is 0 Å². The molecule has 0 aromatic heterocycles. The number of amides is 4. The van der Waals surface area contributed by atoms with E-state index in [1.165, 1.54) is 27.7 Å². The standard InChI is InChI=1S/C30H42N4O14/c1-19(2)25(37)43-15-11-31-29(41)33(13-17-45-27(39)21(5)6)47-23(35)9-10-24(36)48-34(14-18-46-28(40)22(7)8)30(42)32-12-16-44-26(38)20(3)4/h1,3,5,7,9-18H2,2,4,6,8H3,(H,31,41)(H,32,42). The molecule has 0 aromatic rings. The predicted octanol–water partition coefficient (Wildman–Crippen LogP) is 1.18. The Morgan fingerprint density at radius 1 is 0.479 bits per heavy atom. The summed E-state index contributed by atoms with van der Waals surface area (Å²) in [6.07, 6.45) is -1.28. The molecule has 0 aromatic carbocycles. The van der Waals surface area contributed by atoms with E-state index in [0.717, 1.165) is 0 Å².